The van der Waals surface area contributed by atoms with Crippen LogP contribution in [0.3, 0.4) is 0 Å². The van der Waals surface area contributed by atoms with Crippen molar-refractivity contribution in [3.63, 3.8) is 0 Å². The smallest absolute Gasteiger partial charge is 0.393 e. The first-order valence-electron chi connectivity index (χ1n) is 9.41. The van der Waals surface area contributed by atoms with E-state index in [1.165, 1.54) is 0 Å². The maximum absolute atomic E-state index is 13.7. The van der Waals surface area contributed by atoms with Gasteiger partial charge in [-0.15, -0.1) is 0 Å². The quantitative estimate of drug-likeness (QED) is 0.107. The van der Waals surface area contributed by atoms with Crippen LogP contribution in [0.1, 0.15) is 0 Å². The molecule has 29 heteroatoms. The van der Waals surface area contributed by atoms with Gasteiger partial charge in [0.1, 0.15) is 0 Å². The lowest BCUT2D eigenvalue weighted by Gasteiger charge is -2.45. The van der Waals surface area contributed by atoms with Gasteiger partial charge in [-0.25, -0.2) is 4.79 Å². The third-order valence-electron chi connectivity index (χ3n) is 5.06. The lowest BCUT2D eigenvalue weighted by Crippen LogP contribution is -2.78. The zero-order chi connectivity index (χ0) is 37.5. The molecule has 0 amide bonds. The SMILES string of the molecule is C=CC(=O)OC(F)(F)C(F)(F)C(F)(F)C(F)(F)C(F)(F)C(F)(F)C(F)(F)C(F)(F)C(F)(F)C(F)(F)C(F)(F)C(F)(F)C(F)(F)F. The van der Waals surface area contributed by atoms with Crippen LogP contribution in [0, 0.1) is 0 Å². The minimum atomic E-state index is -9.84. The summed E-state index contributed by atoms with van der Waals surface area (Å²) >= 11 is 0. The van der Waals surface area contributed by atoms with E-state index in [4.69, 9.17) is 0 Å². The molecule has 0 atom stereocenters. The second-order valence-electron chi connectivity index (χ2n) is 7.96. The lowest BCUT2D eigenvalue weighted by molar-refractivity contribution is -0.489. The maximum atomic E-state index is 13.7. The Bertz CT molecular complexity index is 1130. The molecule has 0 unspecified atom stereocenters. The van der Waals surface area contributed by atoms with Crippen LogP contribution >= 0.6 is 0 Å². The van der Waals surface area contributed by atoms with Gasteiger partial charge in [0.25, 0.3) is 0 Å². The van der Waals surface area contributed by atoms with Crippen molar-refractivity contribution in [2.24, 2.45) is 0 Å². The van der Waals surface area contributed by atoms with Crippen LogP contribution in [0.2, 0.25) is 0 Å². The van der Waals surface area contributed by atoms with Crippen LogP contribution in [-0.4, -0.2) is 83.4 Å². The first-order chi connectivity index (χ1) is 19.0. The Morgan fingerprint density at radius 1 is 0.356 bits per heavy atom. The van der Waals surface area contributed by atoms with E-state index in [1.54, 1.807) is 0 Å². The number of halogens is 27. The Morgan fingerprint density at radius 2 is 0.533 bits per heavy atom. The van der Waals surface area contributed by atoms with Crippen molar-refractivity contribution in [3.8, 4) is 0 Å². The number of ether oxygens (including phenoxy) is 1. The second kappa shape index (κ2) is 10.4. The molecule has 0 aromatic heterocycles. The van der Waals surface area contributed by atoms with Crippen molar-refractivity contribution in [1.82, 2.24) is 0 Å². The van der Waals surface area contributed by atoms with E-state index in [9.17, 15) is 123 Å². The molecule has 0 saturated heterocycles. The molecule has 0 heterocycles. The van der Waals surface area contributed by atoms with Crippen molar-refractivity contribution in [2.45, 2.75) is 77.4 Å². The molecule has 0 saturated carbocycles. The van der Waals surface area contributed by atoms with Crippen LogP contribution in [0.25, 0.3) is 0 Å². The molecular formula is C16H3F27O2. The number of esters is 1. The highest BCUT2D eigenvalue weighted by molar-refractivity contribution is 5.81. The van der Waals surface area contributed by atoms with E-state index in [0.29, 0.717) is 0 Å². The largest absolute Gasteiger partial charge is 0.473 e. The van der Waals surface area contributed by atoms with Crippen molar-refractivity contribution in [3.05, 3.63) is 12.7 Å². The van der Waals surface area contributed by atoms with E-state index in [1.807, 2.05) is 0 Å². The molecule has 0 N–H and O–H groups in total. The van der Waals surface area contributed by atoms with Crippen LogP contribution in [-0.2, 0) is 9.53 Å². The maximum Gasteiger partial charge on any atom is 0.473 e. The zero-order valence-corrected chi connectivity index (χ0v) is 19.3. The minimum Gasteiger partial charge on any atom is -0.393 e. The summed E-state index contributed by atoms with van der Waals surface area (Å²) in [4.78, 5) is 10.5. The lowest BCUT2D eigenvalue weighted by atomic mass is 9.84. The first-order valence-corrected chi connectivity index (χ1v) is 9.41. The zero-order valence-electron chi connectivity index (χ0n) is 19.3. The highest BCUT2D eigenvalue weighted by Crippen LogP contribution is 2.68. The Labute approximate surface area is 225 Å². The topological polar surface area (TPSA) is 26.3 Å². The van der Waals surface area contributed by atoms with Gasteiger partial charge < -0.3 is 4.74 Å². The second-order valence-corrected chi connectivity index (χ2v) is 7.96. The Morgan fingerprint density at radius 3 is 0.711 bits per heavy atom. The fraction of sp³-hybridized carbons (Fsp3) is 0.812. The van der Waals surface area contributed by atoms with Gasteiger partial charge >= 0.3 is 83.4 Å². The Balaban J connectivity index is 7.45. The Kier molecular flexibility index (Phi) is 9.79. The van der Waals surface area contributed by atoms with Crippen LogP contribution in [0.5, 0.6) is 0 Å². The molecule has 45 heavy (non-hydrogen) atoms. The first kappa shape index (κ1) is 42.3. The van der Waals surface area contributed by atoms with Gasteiger partial charge in [-0.1, -0.05) is 6.58 Å². The summed E-state index contributed by atoms with van der Waals surface area (Å²) in [6.45, 7) is 2.12. The molecule has 0 spiro atoms. The van der Waals surface area contributed by atoms with E-state index in [0.717, 1.165) is 0 Å². The predicted molar refractivity (Wildman–Crippen MR) is 81.7 cm³/mol. The summed E-state index contributed by atoms with van der Waals surface area (Å²) in [5.74, 6) is -107. The van der Waals surface area contributed by atoms with Crippen molar-refractivity contribution in [2.75, 3.05) is 0 Å². The number of hydrogen-bond acceptors (Lipinski definition) is 2. The van der Waals surface area contributed by atoms with E-state index < -0.39 is 89.5 Å². The summed E-state index contributed by atoms with van der Waals surface area (Å²) < 4.78 is 360. The van der Waals surface area contributed by atoms with Crippen molar-refractivity contribution >= 4 is 5.97 Å². The number of hydrogen-bond donors (Lipinski definition) is 0. The fourth-order valence-electron chi connectivity index (χ4n) is 2.37. The number of rotatable bonds is 13. The third kappa shape index (κ3) is 5.06. The van der Waals surface area contributed by atoms with Crippen molar-refractivity contribution in [1.29, 1.82) is 0 Å². The van der Waals surface area contributed by atoms with E-state index in [2.05, 4.69) is 11.3 Å². The summed E-state index contributed by atoms with van der Waals surface area (Å²) in [7, 11) is 0. The van der Waals surface area contributed by atoms with E-state index in [-0.39, 0.29) is 0 Å². The molecule has 0 aliphatic carbocycles. The average molecular weight is 740 g/mol. The minimum absolute atomic E-state index is 0.713. The molecule has 2 nitrogen and oxygen atoms in total. The van der Waals surface area contributed by atoms with Crippen LogP contribution < -0.4 is 0 Å². The van der Waals surface area contributed by atoms with Gasteiger partial charge in [0.15, 0.2) is 0 Å². The molecule has 0 aliphatic heterocycles. The molecule has 0 aliphatic rings. The monoisotopic (exact) mass is 740 g/mol. The van der Waals surface area contributed by atoms with Gasteiger partial charge in [-0.05, 0) is 0 Å². The summed E-state index contributed by atoms with van der Waals surface area (Å²) in [6.07, 6.45) is -16.6. The number of carbonyl (C=O) groups excluding carboxylic acids is 1. The predicted octanol–water partition coefficient (Wildman–Crippen LogP) is 8.86. The highest BCUT2D eigenvalue weighted by Gasteiger charge is 3.00. The normalized spacial score (nSPS) is 16.5. The molecule has 0 rings (SSSR count). The average Bonchev–Trinajstić information content (AvgIpc) is 2.81. The Hall–Kier alpha value is -2.68. The molecule has 268 valence electrons. The highest BCUT2D eigenvalue weighted by atomic mass is 19.4. The van der Waals surface area contributed by atoms with Gasteiger partial charge in [-0.2, -0.15) is 119 Å². The number of alkyl halides is 27. The summed E-state index contributed by atoms with van der Waals surface area (Å²) in [6, 6.07) is 0. The van der Waals surface area contributed by atoms with E-state index >= 15 is 0 Å². The molecule has 0 aromatic carbocycles. The summed E-state index contributed by atoms with van der Waals surface area (Å²) in [5, 5.41) is 0. The third-order valence-corrected chi connectivity index (χ3v) is 5.06. The van der Waals surface area contributed by atoms with Crippen LogP contribution in [0.15, 0.2) is 12.7 Å². The molecule has 0 fully saturated rings. The molecule has 0 aromatic rings. The number of carbonyl (C=O) groups is 1. The standard InChI is InChI=1S/C16H3F27O2/c1-2-3(44)45-16(42,43)14(37,38)12(33,34)10(29,30)8(25,26)6(21,22)4(17,18)5(19,20)7(23,24)9(27,28)11(31,32)13(35,36)15(39,40)41/h2H,1H2. The van der Waals surface area contributed by atoms with Gasteiger partial charge in [-0.3, -0.25) is 0 Å². The molecular weight excluding hydrogens is 737 g/mol. The van der Waals surface area contributed by atoms with Gasteiger partial charge in [0.05, 0.1) is 0 Å². The van der Waals surface area contributed by atoms with Gasteiger partial charge in [0.2, 0.25) is 0 Å². The van der Waals surface area contributed by atoms with Gasteiger partial charge in [0, 0.05) is 6.08 Å². The van der Waals surface area contributed by atoms with Crippen molar-refractivity contribution < 1.29 is 128 Å². The molecule has 0 bridgehead atoms. The fourth-order valence-corrected chi connectivity index (χ4v) is 2.37. The summed E-state index contributed by atoms with van der Waals surface area (Å²) in [5.41, 5.74) is 0. The van der Waals surface area contributed by atoms with Crippen LogP contribution in [0.4, 0.5) is 119 Å². The molecule has 0 radical (unpaired) electrons.